The summed E-state index contributed by atoms with van der Waals surface area (Å²) in [6.45, 7) is 1.49. The van der Waals surface area contributed by atoms with Crippen molar-refractivity contribution in [2.24, 2.45) is 0 Å². The first-order chi connectivity index (χ1) is 8.63. The average molecular weight is 241 g/mol. The third kappa shape index (κ3) is 3.25. The molecule has 0 aliphatic heterocycles. The van der Waals surface area contributed by atoms with Gasteiger partial charge in [-0.25, -0.2) is 0 Å². The molecule has 0 aromatic heterocycles. The van der Waals surface area contributed by atoms with Gasteiger partial charge in [0.25, 0.3) is 0 Å². The zero-order valence-electron chi connectivity index (χ0n) is 10.1. The Hall–Kier alpha value is -2.49. The minimum Gasteiger partial charge on any atom is -0.399 e. The predicted octanol–water partition coefficient (Wildman–Crippen LogP) is 2.97. The summed E-state index contributed by atoms with van der Waals surface area (Å²) in [6, 6.07) is 15.0. The molecular formula is C14H15N3O. The van der Waals surface area contributed by atoms with Gasteiger partial charge in [-0.1, -0.05) is 0 Å². The molecular weight excluding hydrogens is 226 g/mol. The fourth-order valence-electron chi connectivity index (χ4n) is 1.57. The molecule has 0 aliphatic carbocycles. The largest absolute Gasteiger partial charge is 0.399 e. The quantitative estimate of drug-likeness (QED) is 0.724. The number of carbonyl (C=O) groups excluding carboxylic acids is 1. The van der Waals surface area contributed by atoms with E-state index in [2.05, 4.69) is 10.6 Å². The molecule has 92 valence electrons. The van der Waals surface area contributed by atoms with Crippen LogP contribution in [0.15, 0.2) is 48.5 Å². The van der Waals surface area contributed by atoms with Crippen molar-refractivity contribution in [2.45, 2.75) is 6.92 Å². The lowest BCUT2D eigenvalue weighted by Crippen LogP contribution is -2.05. The lowest BCUT2D eigenvalue weighted by atomic mass is 10.2. The molecule has 1 amide bonds. The van der Waals surface area contributed by atoms with Crippen LogP contribution in [-0.4, -0.2) is 5.91 Å². The fraction of sp³-hybridized carbons (Fsp3) is 0.0714. The first kappa shape index (κ1) is 12.0. The third-order valence-electron chi connectivity index (χ3n) is 2.40. The standard InChI is InChI=1S/C14H15N3O/c1-10(18)16-12-6-8-14(9-7-12)17-13-4-2-11(15)3-5-13/h2-9,17H,15H2,1H3,(H,16,18). The number of hydrogen-bond donors (Lipinski definition) is 3. The summed E-state index contributed by atoms with van der Waals surface area (Å²) < 4.78 is 0. The van der Waals surface area contributed by atoms with Gasteiger partial charge >= 0.3 is 0 Å². The molecule has 0 heterocycles. The fourth-order valence-corrected chi connectivity index (χ4v) is 1.57. The molecule has 2 aromatic carbocycles. The van der Waals surface area contributed by atoms with Crippen LogP contribution in [0.25, 0.3) is 0 Å². The van der Waals surface area contributed by atoms with Gasteiger partial charge in [-0.2, -0.15) is 0 Å². The molecule has 18 heavy (non-hydrogen) atoms. The number of carbonyl (C=O) groups is 1. The van der Waals surface area contributed by atoms with E-state index < -0.39 is 0 Å². The van der Waals surface area contributed by atoms with Crippen molar-refractivity contribution in [2.75, 3.05) is 16.4 Å². The average Bonchev–Trinajstić information content (AvgIpc) is 2.34. The molecule has 4 heteroatoms. The van der Waals surface area contributed by atoms with Crippen molar-refractivity contribution in [1.82, 2.24) is 0 Å². The van der Waals surface area contributed by atoms with Crippen molar-refractivity contribution in [1.29, 1.82) is 0 Å². The smallest absolute Gasteiger partial charge is 0.221 e. The summed E-state index contributed by atoms with van der Waals surface area (Å²) >= 11 is 0. The molecule has 4 nitrogen and oxygen atoms in total. The van der Waals surface area contributed by atoms with E-state index in [1.165, 1.54) is 6.92 Å². The minimum atomic E-state index is -0.0748. The number of benzene rings is 2. The molecule has 0 atom stereocenters. The first-order valence-corrected chi connectivity index (χ1v) is 5.64. The lowest BCUT2D eigenvalue weighted by molar-refractivity contribution is -0.114. The maximum atomic E-state index is 10.9. The van der Waals surface area contributed by atoms with Gasteiger partial charge in [0.15, 0.2) is 0 Å². The number of rotatable bonds is 3. The highest BCUT2D eigenvalue weighted by molar-refractivity contribution is 5.88. The molecule has 0 radical (unpaired) electrons. The zero-order chi connectivity index (χ0) is 13.0. The van der Waals surface area contributed by atoms with Gasteiger partial charge < -0.3 is 16.4 Å². The monoisotopic (exact) mass is 241 g/mol. The van der Waals surface area contributed by atoms with Gasteiger partial charge in [0.2, 0.25) is 5.91 Å². The Balaban J connectivity index is 2.06. The highest BCUT2D eigenvalue weighted by Crippen LogP contribution is 2.19. The maximum Gasteiger partial charge on any atom is 0.221 e. The van der Waals surface area contributed by atoms with E-state index in [9.17, 15) is 4.79 Å². The van der Waals surface area contributed by atoms with E-state index in [4.69, 9.17) is 5.73 Å². The lowest BCUT2D eigenvalue weighted by Gasteiger charge is -2.08. The van der Waals surface area contributed by atoms with Gasteiger partial charge in [-0.3, -0.25) is 4.79 Å². The highest BCUT2D eigenvalue weighted by Gasteiger charge is 1.97. The van der Waals surface area contributed by atoms with E-state index in [-0.39, 0.29) is 5.91 Å². The van der Waals surface area contributed by atoms with Crippen LogP contribution < -0.4 is 16.4 Å². The van der Waals surface area contributed by atoms with Gasteiger partial charge in [0.05, 0.1) is 0 Å². The minimum absolute atomic E-state index is 0.0748. The summed E-state index contributed by atoms with van der Waals surface area (Å²) in [5, 5.41) is 5.96. The van der Waals surface area contributed by atoms with Crippen LogP contribution in [0.1, 0.15) is 6.92 Å². The van der Waals surface area contributed by atoms with E-state index >= 15 is 0 Å². The summed E-state index contributed by atoms with van der Waals surface area (Å²) in [5.41, 5.74) is 9.06. The summed E-state index contributed by atoms with van der Waals surface area (Å²) in [5.74, 6) is -0.0748. The summed E-state index contributed by atoms with van der Waals surface area (Å²) in [7, 11) is 0. The van der Waals surface area contributed by atoms with Gasteiger partial charge in [-0.15, -0.1) is 0 Å². The van der Waals surface area contributed by atoms with E-state index in [0.29, 0.717) is 0 Å². The van der Waals surface area contributed by atoms with Crippen LogP contribution in [0.3, 0.4) is 0 Å². The predicted molar refractivity (Wildman–Crippen MR) is 74.9 cm³/mol. The number of amides is 1. The summed E-state index contributed by atoms with van der Waals surface area (Å²) in [6.07, 6.45) is 0. The molecule has 4 N–H and O–H groups in total. The molecule has 0 spiro atoms. The van der Waals surface area contributed by atoms with Crippen molar-refractivity contribution >= 4 is 28.7 Å². The Morgan fingerprint density at radius 3 is 1.83 bits per heavy atom. The molecule has 0 saturated heterocycles. The van der Waals surface area contributed by atoms with Crippen molar-refractivity contribution in [3.63, 3.8) is 0 Å². The second-order valence-electron chi connectivity index (χ2n) is 4.01. The second-order valence-corrected chi connectivity index (χ2v) is 4.01. The van der Waals surface area contributed by atoms with Gasteiger partial charge in [0.1, 0.15) is 0 Å². The van der Waals surface area contributed by atoms with E-state index in [1.54, 1.807) is 0 Å². The van der Waals surface area contributed by atoms with Crippen LogP contribution >= 0.6 is 0 Å². The Morgan fingerprint density at radius 1 is 0.889 bits per heavy atom. The van der Waals surface area contributed by atoms with Gasteiger partial charge in [0, 0.05) is 29.7 Å². The Bertz CT molecular complexity index is 532. The second kappa shape index (κ2) is 5.23. The Morgan fingerprint density at radius 2 is 1.33 bits per heavy atom. The van der Waals surface area contributed by atoms with Crippen molar-refractivity contribution in [3.8, 4) is 0 Å². The molecule has 2 rings (SSSR count). The first-order valence-electron chi connectivity index (χ1n) is 5.64. The SMILES string of the molecule is CC(=O)Nc1ccc(Nc2ccc(N)cc2)cc1. The molecule has 0 aliphatic rings. The van der Waals surface area contributed by atoms with E-state index in [0.717, 1.165) is 22.7 Å². The summed E-state index contributed by atoms with van der Waals surface area (Å²) in [4.78, 5) is 10.9. The van der Waals surface area contributed by atoms with Crippen LogP contribution in [-0.2, 0) is 4.79 Å². The van der Waals surface area contributed by atoms with Crippen LogP contribution in [0.5, 0.6) is 0 Å². The molecule has 0 saturated carbocycles. The van der Waals surface area contributed by atoms with Gasteiger partial charge in [-0.05, 0) is 48.5 Å². The maximum absolute atomic E-state index is 10.9. The number of hydrogen-bond acceptors (Lipinski definition) is 3. The van der Waals surface area contributed by atoms with Crippen LogP contribution in [0.2, 0.25) is 0 Å². The van der Waals surface area contributed by atoms with Crippen molar-refractivity contribution < 1.29 is 4.79 Å². The Labute approximate surface area is 106 Å². The van der Waals surface area contributed by atoms with Crippen LogP contribution in [0.4, 0.5) is 22.7 Å². The molecule has 0 bridgehead atoms. The Kier molecular flexibility index (Phi) is 3.48. The number of nitrogen functional groups attached to an aromatic ring is 1. The number of nitrogens with two attached hydrogens (primary N) is 1. The number of nitrogens with one attached hydrogen (secondary N) is 2. The normalized spacial score (nSPS) is 9.83. The highest BCUT2D eigenvalue weighted by atomic mass is 16.1. The van der Waals surface area contributed by atoms with E-state index in [1.807, 2.05) is 48.5 Å². The topological polar surface area (TPSA) is 67.2 Å². The molecule has 2 aromatic rings. The zero-order valence-corrected chi connectivity index (χ0v) is 10.1. The van der Waals surface area contributed by atoms with Crippen LogP contribution in [0, 0.1) is 0 Å². The third-order valence-corrected chi connectivity index (χ3v) is 2.40. The van der Waals surface area contributed by atoms with Crippen molar-refractivity contribution in [3.05, 3.63) is 48.5 Å². The molecule has 0 fully saturated rings. The molecule has 0 unspecified atom stereocenters. The number of anilines is 4.